The Morgan fingerprint density at radius 2 is 2.05 bits per heavy atom. The van der Waals surface area contributed by atoms with Gasteiger partial charge in [-0.25, -0.2) is 0 Å². The molecule has 2 rings (SSSR count). The van der Waals surface area contributed by atoms with Gasteiger partial charge in [0.2, 0.25) is 5.91 Å². The average molecular weight is 262 g/mol. The summed E-state index contributed by atoms with van der Waals surface area (Å²) in [7, 11) is 0. The minimum atomic E-state index is -1.01. The van der Waals surface area contributed by atoms with E-state index >= 15 is 0 Å². The fraction of sp³-hybridized carbons (Fsp3) is 0.429. The molecule has 0 aromatic heterocycles. The molecule has 0 aliphatic carbocycles. The zero-order valence-electron chi connectivity index (χ0n) is 10.7. The minimum absolute atomic E-state index is 0.130. The summed E-state index contributed by atoms with van der Waals surface area (Å²) in [6, 6.07) is 10.1. The van der Waals surface area contributed by atoms with Crippen LogP contribution in [-0.2, 0) is 16.0 Å². The van der Waals surface area contributed by atoms with Gasteiger partial charge in [-0.3, -0.25) is 14.5 Å². The summed E-state index contributed by atoms with van der Waals surface area (Å²) in [5, 5.41) is 10.9. The van der Waals surface area contributed by atoms with Crippen molar-refractivity contribution in [1.82, 2.24) is 10.2 Å². The number of aliphatic carboxylic acids is 1. The Balaban J connectivity index is 1.62. The van der Waals surface area contributed by atoms with Crippen LogP contribution in [0.5, 0.6) is 0 Å². The summed E-state index contributed by atoms with van der Waals surface area (Å²) in [6.45, 7) is 1.31. The van der Waals surface area contributed by atoms with Crippen LogP contribution in [0.3, 0.4) is 0 Å². The van der Waals surface area contributed by atoms with Crippen molar-refractivity contribution in [3.63, 3.8) is 0 Å². The van der Waals surface area contributed by atoms with Crippen LogP contribution in [-0.4, -0.2) is 47.6 Å². The van der Waals surface area contributed by atoms with E-state index in [0.29, 0.717) is 0 Å². The summed E-state index contributed by atoms with van der Waals surface area (Å²) in [4.78, 5) is 23.9. The number of nitrogens with one attached hydrogen (secondary N) is 1. The van der Waals surface area contributed by atoms with Crippen LogP contribution in [0, 0.1) is 0 Å². The molecule has 1 aliphatic heterocycles. The number of rotatable bonds is 7. The number of carboxylic acid groups (broad SMARTS) is 1. The lowest BCUT2D eigenvalue weighted by Crippen LogP contribution is -2.34. The van der Waals surface area contributed by atoms with Crippen molar-refractivity contribution in [2.75, 3.05) is 19.6 Å². The number of carboxylic acids is 1. The first-order valence-electron chi connectivity index (χ1n) is 6.44. The predicted molar refractivity (Wildman–Crippen MR) is 70.8 cm³/mol. The molecule has 1 heterocycles. The molecule has 0 radical (unpaired) electrons. The van der Waals surface area contributed by atoms with E-state index in [4.69, 9.17) is 5.11 Å². The highest BCUT2D eigenvalue weighted by Gasteiger charge is 2.39. The van der Waals surface area contributed by atoms with Crippen molar-refractivity contribution < 1.29 is 14.7 Å². The number of benzene rings is 1. The second kappa shape index (κ2) is 6.33. The molecule has 1 aromatic carbocycles. The Kier molecular flexibility index (Phi) is 4.52. The summed E-state index contributed by atoms with van der Waals surface area (Å²) in [6.07, 6.45) is 2.01. The van der Waals surface area contributed by atoms with E-state index in [1.54, 1.807) is 0 Å². The van der Waals surface area contributed by atoms with Crippen molar-refractivity contribution in [2.24, 2.45) is 0 Å². The summed E-state index contributed by atoms with van der Waals surface area (Å²) in [5.41, 5.74) is 1.30. The minimum Gasteiger partial charge on any atom is -0.480 e. The number of aryl methyl sites for hydroxylation is 1. The largest absolute Gasteiger partial charge is 0.480 e. The lowest BCUT2D eigenvalue weighted by atomic mass is 10.1. The van der Waals surface area contributed by atoms with Crippen molar-refractivity contribution >= 4 is 11.9 Å². The van der Waals surface area contributed by atoms with Crippen LogP contribution >= 0.6 is 0 Å². The molecular weight excluding hydrogens is 244 g/mol. The van der Waals surface area contributed by atoms with E-state index in [1.807, 2.05) is 18.2 Å². The highest BCUT2D eigenvalue weighted by molar-refractivity contribution is 5.87. The van der Waals surface area contributed by atoms with Crippen LogP contribution in [0.1, 0.15) is 12.0 Å². The SMILES string of the molecule is O=C(O)CNC(=O)C1CN1CCCc1ccccc1. The Morgan fingerprint density at radius 3 is 2.74 bits per heavy atom. The van der Waals surface area contributed by atoms with E-state index in [0.717, 1.165) is 25.9 Å². The molecule has 2 unspecified atom stereocenters. The molecule has 19 heavy (non-hydrogen) atoms. The molecule has 1 aliphatic rings. The van der Waals surface area contributed by atoms with Gasteiger partial charge in [0.15, 0.2) is 0 Å². The van der Waals surface area contributed by atoms with Crippen molar-refractivity contribution in [3.05, 3.63) is 35.9 Å². The van der Waals surface area contributed by atoms with Gasteiger partial charge in [0.25, 0.3) is 0 Å². The number of amides is 1. The average Bonchev–Trinajstić information content (AvgIpc) is 3.17. The number of hydrogen-bond acceptors (Lipinski definition) is 3. The van der Waals surface area contributed by atoms with Crippen molar-refractivity contribution in [2.45, 2.75) is 18.9 Å². The van der Waals surface area contributed by atoms with E-state index in [9.17, 15) is 9.59 Å². The fourth-order valence-corrected chi connectivity index (χ4v) is 2.08. The van der Waals surface area contributed by atoms with E-state index in [-0.39, 0.29) is 18.5 Å². The van der Waals surface area contributed by atoms with Crippen molar-refractivity contribution in [3.8, 4) is 0 Å². The number of carbonyl (C=O) groups is 2. The third-order valence-corrected chi connectivity index (χ3v) is 3.18. The van der Waals surface area contributed by atoms with Gasteiger partial charge in [0.05, 0.1) is 0 Å². The Hall–Kier alpha value is -1.88. The zero-order valence-corrected chi connectivity index (χ0v) is 10.7. The summed E-state index contributed by atoms with van der Waals surface area (Å²) in [5.74, 6) is -1.19. The monoisotopic (exact) mass is 262 g/mol. The third kappa shape index (κ3) is 4.37. The molecule has 102 valence electrons. The molecule has 1 saturated heterocycles. The Bertz CT molecular complexity index is 447. The molecule has 0 saturated carbocycles. The third-order valence-electron chi connectivity index (χ3n) is 3.18. The van der Waals surface area contributed by atoms with E-state index < -0.39 is 5.97 Å². The first-order chi connectivity index (χ1) is 9.16. The highest BCUT2D eigenvalue weighted by Crippen LogP contribution is 2.18. The topological polar surface area (TPSA) is 69.4 Å². The maximum Gasteiger partial charge on any atom is 0.322 e. The molecule has 0 spiro atoms. The van der Waals surface area contributed by atoms with Gasteiger partial charge in [0, 0.05) is 6.54 Å². The lowest BCUT2D eigenvalue weighted by molar-refractivity contribution is -0.137. The quantitative estimate of drug-likeness (QED) is 0.702. The number of nitrogens with zero attached hydrogens (tertiary/aromatic N) is 1. The van der Waals surface area contributed by atoms with Gasteiger partial charge >= 0.3 is 5.97 Å². The van der Waals surface area contributed by atoms with Gasteiger partial charge < -0.3 is 10.4 Å². The second-order valence-electron chi connectivity index (χ2n) is 4.71. The first-order valence-corrected chi connectivity index (χ1v) is 6.44. The second-order valence-corrected chi connectivity index (χ2v) is 4.71. The van der Waals surface area contributed by atoms with Crippen LogP contribution in [0.4, 0.5) is 0 Å². The molecule has 1 fully saturated rings. The Morgan fingerprint density at radius 1 is 1.32 bits per heavy atom. The number of hydrogen-bond donors (Lipinski definition) is 2. The first kappa shape index (κ1) is 13.5. The maximum absolute atomic E-state index is 11.5. The van der Waals surface area contributed by atoms with Gasteiger partial charge in [-0.05, 0) is 24.9 Å². The normalized spacial score (nSPS) is 20.8. The molecule has 5 nitrogen and oxygen atoms in total. The zero-order chi connectivity index (χ0) is 13.7. The maximum atomic E-state index is 11.5. The fourth-order valence-electron chi connectivity index (χ4n) is 2.08. The molecule has 2 N–H and O–H groups in total. The predicted octanol–water partition coefficient (Wildman–Crippen LogP) is 0.504. The van der Waals surface area contributed by atoms with E-state index in [1.165, 1.54) is 5.56 Å². The lowest BCUT2D eigenvalue weighted by Gasteiger charge is -2.04. The van der Waals surface area contributed by atoms with Crippen molar-refractivity contribution in [1.29, 1.82) is 0 Å². The standard InChI is InChI=1S/C14H18N2O3/c17-13(18)9-15-14(19)12-10-16(12)8-4-7-11-5-2-1-3-6-11/h1-3,5-6,12H,4,7-10H2,(H,15,19)(H,17,18). The van der Waals surface area contributed by atoms with E-state index in [2.05, 4.69) is 22.3 Å². The molecule has 1 amide bonds. The van der Waals surface area contributed by atoms with Gasteiger partial charge in [-0.1, -0.05) is 30.3 Å². The molecule has 1 aromatic rings. The van der Waals surface area contributed by atoms with Gasteiger partial charge in [-0.2, -0.15) is 0 Å². The Labute approximate surface area is 112 Å². The highest BCUT2D eigenvalue weighted by atomic mass is 16.4. The molecule has 0 bridgehead atoms. The smallest absolute Gasteiger partial charge is 0.322 e. The van der Waals surface area contributed by atoms with Crippen LogP contribution in [0.25, 0.3) is 0 Å². The summed E-state index contributed by atoms with van der Waals surface area (Å²) >= 11 is 0. The molecular formula is C14H18N2O3. The van der Waals surface area contributed by atoms with Gasteiger partial charge in [-0.15, -0.1) is 0 Å². The molecule has 2 atom stereocenters. The van der Waals surface area contributed by atoms with Crippen LogP contribution in [0.15, 0.2) is 30.3 Å². The van der Waals surface area contributed by atoms with Crippen LogP contribution in [0.2, 0.25) is 0 Å². The number of carbonyl (C=O) groups excluding carboxylic acids is 1. The molecule has 5 heteroatoms. The van der Waals surface area contributed by atoms with Gasteiger partial charge in [0.1, 0.15) is 12.6 Å². The van der Waals surface area contributed by atoms with Crippen LogP contribution < -0.4 is 5.32 Å². The summed E-state index contributed by atoms with van der Waals surface area (Å²) < 4.78 is 0.